The number of hydrogen-bond donors (Lipinski definition) is 1. The van der Waals surface area contributed by atoms with Crippen molar-refractivity contribution >= 4 is 33.1 Å². The van der Waals surface area contributed by atoms with E-state index in [1.807, 2.05) is 55.5 Å². The van der Waals surface area contributed by atoms with E-state index < -0.39 is 0 Å². The van der Waals surface area contributed by atoms with Crippen LogP contribution in [-0.4, -0.2) is 22.2 Å². The highest BCUT2D eigenvalue weighted by atomic mass is 32.1. The molecule has 1 amide bonds. The van der Waals surface area contributed by atoms with Crippen molar-refractivity contribution in [2.45, 2.75) is 26.4 Å². The number of anilines is 1. The fourth-order valence-electron chi connectivity index (χ4n) is 4.14. The quantitative estimate of drug-likeness (QED) is 0.326. The Morgan fingerprint density at radius 2 is 1.85 bits per heavy atom. The van der Waals surface area contributed by atoms with Crippen molar-refractivity contribution in [1.82, 2.24) is 10.1 Å². The molecule has 0 bridgehead atoms. The zero-order valence-electron chi connectivity index (χ0n) is 18.7. The zero-order chi connectivity index (χ0) is 23.2. The Bertz CT molecular complexity index is 1530. The molecule has 1 aliphatic rings. The first kappa shape index (κ1) is 20.6. The third kappa shape index (κ3) is 3.84. The lowest BCUT2D eigenvalue weighted by molar-refractivity contribution is 0.101. The number of aromatic nitrogens is 2. The fourth-order valence-corrected chi connectivity index (χ4v) is 5.21. The highest BCUT2D eigenvalue weighted by molar-refractivity contribution is 7.21. The summed E-state index contributed by atoms with van der Waals surface area (Å²) in [5.41, 5.74) is 6.14. The van der Waals surface area contributed by atoms with Crippen LogP contribution in [0.4, 0.5) is 5.69 Å². The molecule has 34 heavy (non-hydrogen) atoms. The largest absolute Gasteiger partial charge is 0.490 e. The average molecular weight is 468 g/mol. The lowest BCUT2D eigenvalue weighted by Crippen LogP contribution is -2.11. The predicted molar refractivity (Wildman–Crippen MR) is 133 cm³/mol. The van der Waals surface area contributed by atoms with E-state index in [4.69, 9.17) is 14.2 Å². The summed E-state index contributed by atoms with van der Waals surface area (Å²) in [6.07, 6.45) is 1.03. The molecule has 0 fully saturated rings. The molecule has 3 aromatic carbocycles. The molecule has 6 rings (SSSR count). The summed E-state index contributed by atoms with van der Waals surface area (Å²) in [7, 11) is 0. The Hall–Kier alpha value is -3.97. The summed E-state index contributed by atoms with van der Waals surface area (Å²) in [4.78, 5) is 17.4. The van der Waals surface area contributed by atoms with E-state index in [1.54, 1.807) is 17.4 Å². The molecule has 0 saturated carbocycles. The van der Waals surface area contributed by atoms with E-state index in [1.165, 1.54) is 10.3 Å². The number of ether oxygens (including phenoxy) is 1. The van der Waals surface area contributed by atoms with Crippen molar-refractivity contribution in [3.63, 3.8) is 0 Å². The number of amides is 1. The van der Waals surface area contributed by atoms with Gasteiger partial charge in [-0.1, -0.05) is 11.2 Å². The fraction of sp³-hybridized carbons (Fsp3) is 0.148. The van der Waals surface area contributed by atoms with Crippen LogP contribution in [0, 0.1) is 6.92 Å². The van der Waals surface area contributed by atoms with Crippen LogP contribution in [0.1, 0.15) is 28.5 Å². The first-order valence-corrected chi connectivity index (χ1v) is 11.9. The number of thiazole rings is 1. The number of benzene rings is 3. The summed E-state index contributed by atoms with van der Waals surface area (Å²) in [5.74, 6) is 1.13. The van der Waals surface area contributed by atoms with Gasteiger partial charge in [0, 0.05) is 29.3 Å². The Labute approximate surface area is 200 Å². The monoisotopic (exact) mass is 467 g/mol. The van der Waals surface area contributed by atoms with Crippen LogP contribution in [0.15, 0.2) is 71.3 Å². The molecule has 3 heterocycles. The number of carbonyl (C=O) groups excluding carboxylic acids is 1. The molecule has 1 N–H and O–H groups in total. The van der Waals surface area contributed by atoms with Crippen LogP contribution in [0.5, 0.6) is 5.75 Å². The first-order chi connectivity index (χ1) is 16.5. The summed E-state index contributed by atoms with van der Waals surface area (Å²) in [6, 6.07) is 21.5. The van der Waals surface area contributed by atoms with Crippen LogP contribution in [0.25, 0.3) is 32.1 Å². The summed E-state index contributed by atoms with van der Waals surface area (Å²) in [5, 5.41) is 7.80. The summed E-state index contributed by atoms with van der Waals surface area (Å²) >= 11 is 1.66. The molecular formula is C27H21N3O3S. The molecule has 1 aliphatic heterocycles. The number of nitrogens with one attached hydrogen (secondary N) is 1. The van der Waals surface area contributed by atoms with Gasteiger partial charge in [0.2, 0.25) is 0 Å². The SMILES string of the molecule is Cc1ccc2nc(-c3ccc(NC(=O)c4cc(-c5ccc6c(c5)C[C@H](C)O6)on4)cc3)sc2c1. The van der Waals surface area contributed by atoms with Crippen molar-refractivity contribution in [1.29, 1.82) is 0 Å². The van der Waals surface area contributed by atoms with Gasteiger partial charge in [0.05, 0.1) is 10.2 Å². The molecule has 2 aromatic heterocycles. The number of hydrogen-bond acceptors (Lipinski definition) is 6. The summed E-state index contributed by atoms with van der Waals surface area (Å²) < 4.78 is 12.4. The Morgan fingerprint density at radius 1 is 1.03 bits per heavy atom. The second-order valence-electron chi connectivity index (χ2n) is 8.55. The van der Waals surface area contributed by atoms with E-state index in [0.29, 0.717) is 11.4 Å². The number of rotatable bonds is 4. The molecule has 0 spiro atoms. The highest BCUT2D eigenvalue weighted by Gasteiger charge is 2.21. The van der Waals surface area contributed by atoms with Crippen molar-refractivity contribution in [2.75, 3.05) is 5.32 Å². The van der Waals surface area contributed by atoms with Gasteiger partial charge in [0.15, 0.2) is 11.5 Å². The van der Waals surface area contributed by atoms with E-state index in [2.05, 4.69) is 29.5 Å². The number of aryl methyl sites for hydroxylation is 1. The molecule has 0 radical (unpaired) electrons. The van der Waals surface area contributed by atoms with E-state index in [-0.39, 0.29) is 17.7 Å². The first-order valence-electron chi connectivity index (χ1n) is 11.1. The third-order valence-electron chi connectivity index (χ3n) is 5.86. The minimum Gasteiger partial charge on any atom is -0.490 e. The van der Waals surface area contributed by atoms with Gasteiger partial charge in [0.25, 0.3) is 5.91 Å². The standard InChI is InChI=1S/C27H21N3O3S/c1-15-3-9-21-25(11-15)34-27(29-21)17-4-7-20(8-5-17)28-26(31)22-14-24(33-30-22)18-6-10-23-19(13-18)12-16(2)32-23/h3-11,13-14,16H,12H2,1-2H3,(H,28,31)/t16-/m0/s1. The Kier molecular flexibility index (Phi) is 4.92. The van der Waals surface area contributed by atoms with Crippen LogP contribution in [0.2, 0.25) is 0 Å². The molecule has 0 saturated heterocycles. The maximum Gasteiger partial charge on any atom is 0.277 e. The van der Waals surface area contributed by atoms with Crippen LogP contribution < -0.4 is 10.1 Å². The molecular weight excluding hydrogens is 446 g/mol. The maximum atomic E-state index is 12.7. The maximum absolute atomic E-state index is 12.7. The van der Waals surface area contributed by atoms with Gasteiger partial charge in [0.1, 0.15) is 16.9 Å². The molecule has 7 heteroatoms. The number of nitrogens with zero attached hydrogens (tertiary/aromatic N) is 2. The molecule has 6 nitrogen and oxygen atoms in total. The highest BCUT2D eigenvalue weighted by Crippen LogP contribution is 2.34. The smallest absolute Gasteiger partial charge is 0.277 e. The minimum atomic E-state index is -0.323. The van der Waals surface area contributed by atoms with E-state index in [9.17, 15) is 4.79 Å². The Morgan fingerprint density at radius 3 is 2.71 bits per heavy atom. The molecule has 0 aliphatic carbocycles. The predicted octanol–water partition coefficient (Wildman–Crippen LogP) is 6.50. The van der Waals surface area contributed by atoms with Gasteiger partial charge in [-0.25, -0.2) is 4.98 Å². The topological polar surface area (TPSA) is 77.2 Å². The third-order valence-corrected chi connectivity index (χ3v) is 6.92. The second-order valence-corrected chi connectivity index (χ2v) is 9.58. The molecule has 168 valence electrons. The summed E-state index contributed by atoms with van der Waals surface area (Å²) in [6.45, 7) is 4.12. The van der Waals surface area contributed by atoms with Gasteiger partial charge >= 0.3 is 0 Å². The van der Waals surface area contributed by atoms with Crippen molar-refractivity contribution in [2.24, 2.45) is 0 Å². The van der Waals surface area contributed by atoms with Crippen molar-refractivity contribution in [3.8, 4) is 27.6 Å². The van der Waals surface area contributed by atoms with Crippen molar-refractivity contribution in [3.05, 3.63) is 83.6 Å². The van der Waals surface area contributed by atoms with E-state index >= 15 is 0 Å². The van der Waals surface area contributed by atoms with Crippen LogP contribution >= 0.6 is 11.3 Å². The average Bonchev–Trinajstić information content (AvgIpc) is 3.56. The normalized spacial score (nSPS) is 14.7. The van der Waals surface area contributed by atoms with Crippen molar-refractivity contribution < 1.29 is 14.1 Å². The lowest BCUT2D eigenvalue weighted by Gasteiger charge is -2.03. The van der Waals surface area contributed by atoms with Gasteiger partial charge in [-0.3, -0.25) is 4.79 Å². The molecule has 0 unspecified atom stereocenters. The van der Waals surface area contributed by atoms with E-state index in [0.717, 1.165) is 39.4 Å². The second kappa shape index (κ2) is 8.11. The molecule has 1 atom stereocenters. The van der Waals surface area contributed by atoms with Gasteiger partial charge in [-0.05, 0) is 79.6 Å². The lowest BCUT2D eigenvalue weighted by atomic mass is 10.1. The molecule has 5 aromatic rings. The van der Waals surface area contributed by atoms with Gasteiger partial charge in [-0.2, -0.15) is 0 Å². The van der Waals surface area contributed by atoms with Crippen LogP contribution in [-0.2, 0) is 6.42 Å². The minimum absolute atomic E-state index is 0.173. The number of fused-ring (bicyclic) bond motifs is 2. The zero-order valence-corrected chi connectivity index (χ0v) is 19.5. The van der Waals surface area contributed by atoms with Gasteiger partial charge in [-0.15, -0.1) is 11.3 Å². The Balaban J connectivity index is 1.17. The number of carbonyl (C=O) groups is 1. The van der Waals surface area contributed by atoms with Crippen LogP contribution in [0.3, 0.4) is 0 Å². The van der Waals surface area contributed by atoms with Gasteiger partial charge < -0.3 is 14.6 Å².